The number of hydrogen-bond acceptors (Lipinski definition) is 7. The average Bonchev–Trinajstić information content (AvgIpc) is 2.68. The quantitative estimate of drug-likeness (QED) is 0.499. The summed E-state index contributed by atoms with van der Waals surface area (Å²) >= 11 is 0. The van der Waals surface area contributed by atoms with Gasteiger partial charge in [0.1, 0.15) is 0 Å². The van der Waals surface area contributed by atoms with E-state index in [2.05, 4.69) is 44.0 Å². The zero-order valence-corrected chi connectivity index (χ0v) is 16.5. The number of rotatable bonds is 4. The summed E-state index contributed by atoms with van der Waals surface area (Å²) < 4.78 is 0. The normalized spacial score (nSPS) is 17.3. The van der Waals surface area contributed by atoms with Crippen molar-refractivity contribution in [3.05, 3.63) is 60.0 Å². The molecule has 0 radical (unpaired) electrons. The Hall–Kier alpha value is -2.81. The van der Waals surface area contributed by atoms with Gasteiger partial charge in [-0.2, -0.15) is 0 Å². The molecule has 2 saturated heterocycles. The third-order valence-corrected chi connectivity index (χ3v) is 5.50. The molecule has 2 N–H and O–H groups in total. The Morgan fingerprint density at radius 3 is 2.52 bits per heavy atom. The number of carbonyl (C=O) groups is 1. The molecule has 3 aromatic rings. The molecule has 0 aliphatic carbocycles. The predicted octanol–water partition coefficient (Wildman–Crippen LogP) is 1.89. The number of para-hydroxylation sites is 1. The summed E-state index contributed by atoms with van der Waals surface area (Å²) in [5.41, 5.74) is 4.27. The van der Waals surface area contributed by atoms with Crippen LogP contribution in [-0.2, 0) is 6.54 Å². The lowest BCUT2D eigenvalue weighted by atomic mass is 9.73. The third-order valence-electron chi connectivity index (χ3n) is 5.50. The van der Waals surface area contributed by atoms with Gasteiger partial charge in [0, 0.05) is 55.9 Å². The van der Waals surface area contributed by atoms with E-state index < -0.39 is 5.91 Å². The van der Waals surface area contributed by atoms with E-state index in [0.717, 1.165) is 43.9 Å². The number of nitrogens with zero attached hydrogens (tertiary/aromatic N) is 5. The SMILES string of the molecule is Cl.O=C(NO)c1cnc(N2CC3(CN(Cc4ccc5ccccc5n4)C3)C2)nc1. The van der Waals surface area contributed by atoms with E-state index in [1.165, 1.54) is 17.8 Å². The van der Waals surface area contributed by atoms with Crippen molar-refractivity contribution in [3.8, 4) is 0 Å². The van der Waals surface area contributed by atoms with Crippen LogP contribution in [-0.4, -0.2) is 57.1 Å². The van der Waals surface area contributed by atoms with Crippen LogP contribution in [0.3, 0.4) is 0 Å². The van der Waals surface area contributed by atoms with Gasteiger partial charge in [0.2, 0.25) is 5.95 Å². The number of benzene rings is 1. The van der Waals surface area contributed by atoms with E-state index in [4.69, 9.17) is 10.2 Å². The number of anilines is 1. The maximum Gasteiger partial charge on any atom is 0.277 e. The fourth-order valence-corrected chi connectivity index (χ4v) is 4.21. The summed E-state index contributed by atoms with van der Waals surface area (Å²) in [5, 5.41) is 9.81. The fourth-order valence-electron chi connectivity index (χ4n) is 4.21. The highest BCUT2D eigenvalue weighted by molar-refractivity contribution is 5.92. The highest BCUT2D eigenvalue weighted by atomic mass is 35.5. The van der Waals surface area contributed by atoms with Gasteiger partial charge in [0.15, 0.2) is 0 Å². The monoisotopic (exact) mass is 412 g/mol. The first kappa shape index (κ1) is 19.5. The van der Waals surface area contributed by atoms with Crippen molar-refractivity contribution in [2.24, 2.45) is 5.41 Å². The standard InChI is InChI=1S/C20H20N6O2.ClH/c27-18(24-28)15-7-21-19(22-8-15)26-12-20(13-26)10-25(11-20)9-16-6-5-14-3-1-2-4-17(14)23-16;/h1-8,28H,9-13H2,(H,24,27);1H. The Bertz CT molecular complexity index is 1030. The summed E-state index contributed by atoms with van der Waals surface area (Å²) in [7, 11) is 0. The van der Waals surface area contributed by atoms with E-state index in [9.17, 15) is 4.79 Å². The largest absolute Gasteiger partial charge is 0.339 e. The Kier molecular flexibility index (Phi) is 5.08. The first-order chi connectivity index (χ1) is 13.6. The number of hydroxylamine groups is 1. The van der Waals surface area contributed by atoms with Crippen LogP contribution in [0.25, 0.3) is 10.9 Å². The lowest BCUT2D eigenvalue weighted by molar-refractivity contribution is -0.0287. The summed E-state index contributed by atoms with van der Waals surface area (Å²) in [6.45, 7) is 4.79. The lowest BCUT2D eigenvalue weighted by Crippen LogP contribution is -2.72. The van der Waals surface area contributed by atoms with E-state index in [1.807, 2.05) is 12.1 Å². The van der Waals surface area contributed by atoms with E-state index in [1.54, 1.807) is 5.48 Å². The molecule has 2 aliphatic rings. The summed E-state index contributed by atoms with van der Waals surface area (Å²) in [6, 6.07) is 12.4. The minimum atomic E-state index is -0.608. The first-order valence-corrected chi connectivity index (χ1v) is 9.23. The Morgan fingerprint density at radius 2 is 1.79 bits per heavy atom. The van der Waals surface area contributed by atoms with E-state index in [-0.39, 0.29) is 18.0 Å². The van der Waals surface area contributed by atoms with Crippen LogP contribution in [0.1, 0.15) is 16.1 Å². The number of hydrogen-bond donors (Lipinski definition) is 2. The molecule has 5 rings (SSSR count). The Labute approximate surface area is 174 Å². The van der Waals surface area contributed by atoms with Crippen LogP contribution >= 0.6 is 12.4 Å². The van der Waals surface area contributed by atoms with Crippen LogP contribution < -0.4 is 10.4 Å². The smallest absolute Gasteiger partial charge is 0.277 e. The van der Waals surface area contributed by atoms with Crippen LogP contribution in [0.2, 0.25) is 0 Å². The van der Waals surface area contributed by atoms with E-state index >= 15 is 0 Å². The lowest BCUT2D eigenvalue weighted by Gasteiger charge is -2.60. The van der Waals surface area contributed by atoms with Crippen molar-refractivity contribution in [2.45, 2.75) is 6.54 Å². The van der Waals surface area contributed by atoms with Crippen LogP contribution in [0.5, 0.6) is 0 Å². The minimum Gasteiger partial charge on any atom is -0.339 e. The second kappa shape index (κ2) is 7.55. The van der Waals surface area contributed by atoms with Crippen LogP contribution in [0.15, 0.2) is 48.8 Å². The molecule has 29 heavy (non-hydrogen) atoms. The molecular formula is C20H21ClN6O2. The molecule has 1 amide bonds. The van der Waals surface area contributed by atoms with Gasteiger partial charge in [-0.3, -0.25) is 19.9 Å². The molecule has 0 saturated carbocycles. The van der Waals surface area contributed by atoms with Gasteiger partial charge in [0.25, 0.3) is 5.91 Å². The van der Waals surface area contributed by atoms with Gasteiger partial charge in [-0.05, 0) is 12.1 Å². The first-order valence-electron chi connectivity index (χ1n) is 9.23. The average molecular weight is 413 g/mol. The molecule has 9 heteroatoms. The highest BCUT2D eigenvalue weighted by Gasteiger charge is 2.52. The zero-order chi connectivity index (χ0) is 19.1. The number of amides is 1. The van der Waals surface area contributed by atoms with Crippen molar-refractivity contribution in [1.29, 1.82) is 0 Å². The zero-order valence-electron chi connectivity index (χ0n) is 15.7. The Balaban J connectivity index is 0.00000205. The van der Waals surface area contributed by atoms with Gasteiger partial charge in [0.05, 0.1) is 16.8 Å². The second-order valence-corrected chi connectivity index (χ2v) is 7.71. The third kappa shape index (κ3) is 3.62. The van der Waals surface area contributed by atoms with Crippen LogP contribution in [0.4, 0.5) is 5.95 Å². The maximum absolute atomic E-state index is 11.3. The van der Waals surface area contributed by atoms with Crippen LogP contribution in [0, 0.1) is 5.41 Å². The predicted molar refractivity (Wildman–Crippen MR) is 110 cm³/mol. The maximum atomic E-state index is 11.3. The van der Waals surface area contributed by atoms with Crippen molar-refractivity contribution in [3.63, 3.8) is 0 Å². The number of halogens is 1. The fraction of sp³-hybridized carbons (Fsp3) is 0.300. The number of fused-ring (bicyclic) bond motifs is 1. The molecule has 0 atom stereocenters. The number of carbonyl (C=O) groups excluding carboxylic acids is 1. The number of aromatic nitrogens is 3. The van der Waals surface area contributed by atoms with Gasteiger partial charge in [-0.1, -0.05) is 24.3 Å². The van der Waals surface area contributed by atoms with Crippen molar-refractivity contribution < 1.29 is 10.0 Å². The number of pyridine rings is 1. The molecule has 150 valence electrons. The molecule has 0 bridgehead atoms. The molecule has 2 aliphatic heterocycles. The highest BCUT2D eigenvalue weighted by Crippen LogP contribution is 2.41. The van der Waals surface area contributed by atoms with Crippen molar-refractivity contribution in [1.82, 2.24) is 25.3 Å². The molecular weight excluding hydrogens is 392 g/mol. The minimum absolute atomic E-state index is 0. The number of nitrogens with one attached hydrogen (secondary N) is 1. The molecule has 1 aromatic carbocycles. The van der Waals surface area contributed by atoms with Gasteiger partial charge in [-0.15, -0.1) is 12.4 Å². The molecule has 0 unspecified atom stereocenters. The molecule has 8 nitrogen and oxygen atoms in total. The molecule has 2 aromatic heterocycles. The number of likely N-dealkylation sites (tertiary alicyclic amines) is 1. The second-order valence-electron chi connectivity index (χ2n) is 7.71. The van der Waals surface area contributed by atoms with Gasteiger partial charge < -0.3 is 4.90 Å². The summed E-state index contributed by atoms with van der Waals surface area (Å²) in [6.07, 6.45) is 2.86. The summed E-state index contributed by atoms with van der Waals surface area (Å²) in [4.78, 5) is 29.1. The van der Waals surface area contributed by atoms with E-state index in [0.29, 0.717) is 11.4 Å². The summed E-state index contributed by atoms with van der Waals surface area (Å²) in [5.74, 6) is 0.0123. The van der Waals surface area contributed by atoms with Crippen molar-refractivity contribution >= 4 is 35.2 Å². The topological polar surface area (TPSA) is 94.5 Å². The molecule has 4 heterocycles. The van der Waals surface area contributed by atoms with Crippen molar-refractivity contribution in [2.75, 3.05) is 31.1 Å². The molecule has 1 spiro atoms. The van der Waals surface area contributed by atoms with Gasteiger partial charge in [-0.25, -0.2) is 15.4 Å². The Morgan fingerprint density at radius 1 is 1.07 bits per heavy atom. The van der Waals surface area contributed by atoms with Gasteiger partial charge >= 0.3 is 0 Å². The molecule has 2 fully saturated rings.